The molecule has 27 heavy (non-hydrogen) atoms. The lowest BCUT2D eigenvalue weighted by Crippen LogP contribution is -2.47. The molecule has 0 bridgehead atoms. The van der Waals surface area contributed by atoms with Crippen molar-refractivity contribution in [3.8, 4) is 0 Å². The van der Waals surface area contributed by atoms with Crippen LogP contribution in [0.15, 0.2) is 40.3 Å². The van der Waals surface area contributed by atoms with E-state index in [1.54, 1.807) is 6.20 Å². The first-order valence-corrected chi connectivity index (χ1v) is 10.5. The van der Waals surface area contributed by atoms with Crippen LogP contribution in [0.3, 0.4) is 0 Å². The van der Waals surface area contributed by atoms with Crippen LogP contribution in [-0.4, -0.2) is 46.7 Å². The number of halogens is 3. The standard InChI is InChI=1S/C18H16BrClFN3O2S/c1-3-24-13(9-19)14(18(25)26-2)15(11-5-4-10(21)8-12(11)20)23-16(24)17-22-6-7-27-17/h4-8,13H,3,9H2,1-2H3. The van der Waals surface area contributed by atoms with E-state index in [0.29, 0.717) is 34.5 Å². The first-order valence-electron chi connectivity index (χ1n) is 8.10. The minimum absolute atomic E-state index is 0.173. The number of esters is 1. The van der Waals surface area contributed by atoms with Crippen LogP contribution >= 0.6 is 38.9 Å². The van der Waals surface area contributed by atoms with Gasteiger partial charge >= 0.3 is 5.97 Å². The molecule has 1 aliphatic rings. The van der Waals surface area contributed by atoms with E-state index in [1.165, 1.54) is 36.6 Å². The fourth-order valence-corrected chi connectivity index (χ4v) is 4.53. The number of rotatable bonds is 5. The zero-order valence-corrected chi connectivity index (χ0v) is 17.7. The van der Waals surface area contributed by atoms with Gasteiger partial charge in [0.2, 0.25) is 0 Å². The number of nitrogens with zero attached hydrogens (tertiary/aromatic N) is 3. The highest BCUT2D eigenvalue weighted by Gasteiger charge is 2.37. The van der Waals surface area contributed by atoms with Crippen molar-refractivity contribution < 1.29 is 13.9 Å². The van der Waals surface area contributed by atoms with Gasteiger partial charge in [0.25, 0.3) is 0 Å². The van der Waals surface area contributed by atoms with Crippen LogP contribution in [0.5, 0.6) is 0 Å². The lowest BCUT2D eigenvalue weighted by molar-refractivity contribution is -0.136. The molecule has 2 heterocycles. The number of amidine groups is 1. The minimum atomic E-state index is -0.504. The van der Waals surface area contributed by atoms with Crippen molar-refractivity contribution in [3.63, 3.8) is 0 Å². The van der Waals surface area contributed by atoms with E-state index in [4.69, 9.17) is 21.3 Å². The number of thiazole rings is 1. The Kier molecular flexibility index (Phi) is 6.29. The molecule has 3 rings (SSSR count). The Balaban J connectivity index is 2.30. The van der Waals surface area contributed by atoms with Gasteiger partial charge in [-0.3, -0.25) is 0 Å². The van der Waals surface area contributed by atoms with Gasteiger partial charge in [-0.2, -0.15) is 0 Å². The number of aromatic nitrogens is 1. The summed E-state index contributed by atoms with van der Waals surface area (Å²) in [5.74, 6) is -0.327. The Morgan fingerprint density at radius 1 is 1.48 bits per heavy atom. The summed E-state index contributed by atoms with van der Waals surface area (Å²) in [4.78, 5) is 23.7. The number of carbonyl (C=O) groups excluding carboxylic acids is 1. The van der Waals surface area contributed by atoms with Crippen LogP contribution in [0.4, 0.5) is 4.39 Å². The third-order valence-corrected chi connectivity index (χ3v) is 5.85. The highest BCUT2D eigenvalue weighted by atomic mass is 79.9. The molecule has 0 saturated heterocycles. The molecule has 1 aromatic heterocycles. The summed E-state index contributed by atoms with van der Waals surface area (Å²) in [7, 11) is 1.32. The van der Waals surface area contributed by atoms with E-state index in [1.807, 2.05) is 17.2 Å². The van der Waals surface area contributed by atoms with E-state index in [0.717, 1.165) is 5.01 Å². The Morgan fingerprint density at radius 2 is 2.26 bits per heavy atom. The molecule has 0 fully saturated rings. The Labute approximate surface area is 173 Å². The average molecular weight is 473 g/mol. The summed E-state index contributed by atoms with van der Waals surface area (Å²) < 4.78 is 18.6. The third kappa shape index (κ3) is 3.79. The molecule has 0 saturated carbocycles. The molecule has 1 aromatic carbocycles. The molecule has 142 valence electrons. The van der Waals surface area contributed by atoms with Gasteiger partial charge in [-0.25, -0.2) is 19.2 Å². The third-order valence-electron chi connectivity index (χ3n) is 4.16. The van der Waals surface area contributed by atoms with E-state index in [-0.39, 0.29) is 11.1 Å². The predicted molar refractivity (Wildman–Crippen MR) is 109 cm³/mol. The molecule has 0 aliphatic carbocycles. The van der Waals surface area contributed by atoms with Gasteiger partial charge in [0.1, 0.15) is 5.82 Å². The smallest absolute Gasteiger partial charge is 0.338 e. The number of likely N-dealkylation sites (N-methyl/N-ethyl adjacent to an activating group) is 1. The van der Waals surface area contributed by atoms with Crippen molar-refractivity contribution in [2.75, 3.05) is 19.0 Å². The largest absolute Gasteiger partial charge is 0.466 e. The number of ether oxygens (including phenoxy) is 1. The van der Waals surface area contributed by atoms with Gasteiger partial charge < -0.3 is 9.64 Å². The normalized spacial score (nSPS) is 17.1. The van der Waals surface area contributed by atoms with Crippen molar-refractivity contribution in [2.24, 2.45) is 4.99 Å². The molecule has 9 heteroatoms. The SMILES string of the molecule is CCN1C(c2nccs2)=NC(c2ccc(F)cc2Cl)=C(C(=O)OC)C1CBr. The van der Waals surface area contributed by atoms with Gasteiger partial charge in [-0.05, 0) is 25.1 Å². The summed E-state index contributed by atoms with van der Waals surface area (Å²) in [6.45, 7) is 2.59. The number of alkyl halides is 1. The summed E-state index contributed by atoms with van der Waals surface area (Å²) in [6.07, 6.45) is 1.70. The highest BCUT2D eigenvalue weighted by molar-refractivity contribution is 9.09. The van der Waals surface area contributed by atoms with Crippen LogP contribution in [0.2, 0.25) is 5.02 Å². The van der Waals surface area contributed by atoms with Crippen LogP contribution in [0.1, 0.15) is 17.5 Å². The number of benzene rings is 1. The molecule has 0 spiro atoms. The van der Waals surface area contributed by atoms with E-state index in [2.05, 4.69) is 20.9 Å². The number of hydrogen-bond donors (Lipinski definition) is 0. The fraction of sp³-hybridized carbons (Fsp3) is 0.278. The molecular formula is C18H16BrClFN3O2S. The Hall–Kier alpha value is -1.77. The minimum Gasteiger partial charge on any atom is -0.466 e. The van der Waals surface area contributed by atoms with E-state index >= 15 is 0 Å². The zero-order chi connectivity index (χ0) is 19.6. The quantitative estimate of drug-likeness (QED) is 0.479. The molecule has 1 unspecified atom stereocenters. The summed E-state index contributed by atoms with van der Waals surface area (Å²) >= 11 is 11.2. The monoisotopic (exact) mass is 471 g/mol. The molecule has 0 amide bonds. The number of aliphatic imine (C=N–C) groups is 1. The highest BCUT2D eigenvalue weighted by Crippen LogP contribution is 2.36. The number of carbonyl (C=O) groups is 1. The average Bonchev–Trinajstić information content (AvgIpc) is 3.20. The summed E-state index contributed by atoms with van der Waals surface area (Å²) in [6, 6.07) is 3.67. The first kappa shape index (κ1) is 20.0. The number of methoxy groups -OCH3 is 1. The maximum Gasteiger partial charge on any atom is 0.338 e. The fourth-order valence-electron chi connectivity index (χ4n) is 2.96. The zero-order valence-electron chi connectivity index (χ0n) is 14.6. The maximum atomic E-state index is 13.5. The second kappa shape index (κ2) is 8.50. The van der Waals surface area contributed by atoms with Gasteiger partial charge in [-0.15, -0.1) is 11.3 Å². The molecule has 2 aromatic rings. The lowest BCUT2D eigenvalue weighted by atomic mass is 9.97. The molecule has 1 aliphatic heterocycles. The molecule has 5 nitrogen and oxygen atoms in total. The molecule has 1 atom stereocenters. The molecule has 0 radical (unpaired) electrons. The Bertz CT molecular complexity index is 917. The summed E-state index contributed by atoms with van der Waals surface area (Å²) in [5, 5.41) is 3.23. The maximum absolute atomic E-state index is 13.5. The van der Waals surface area contributed by atoms with Crippen molar-refractivity contribution >= 4 is 56.4 Å². The van der Waals surface area contributed by atoms with E-state index < -0.39 is 11.8 Å². The summed E-state index contributed by atoms with van der Waals surface area (Å²) in [5.41, 5.74) is 1.20. The van der Waals surface area contributed by atoms with Gasteiger partial charge in [0, 0.05) is 29.0 Å². The second-order valence-electron chi connectivity index (χ2n) is 5.61. The first-order chi connectivity index (χ1) is 13.0. The van der Waals surface area contributed by atoms with Crippen LogP contribution < -0.4 is 0 Å². The molecular weight excluding hydrogens is 457 g/mol. The Morgan fingerprint density at radius 3 is 2.81 bits per heavy atom. The second-order valence-corrected chi connectivity index (χ2v) is 7.56. The topological polar surface area (TPSA) is 54.8 Å². The van der Waals surface area contributed by atoms with E-state index in [9.17, 15) is 9.18 Å². The van der Waals surface area contributed by atoms with Crippen molar-refractivity contribution in [1.82, 2.24) is 9.88 Å². The van der Waals surface area contributed by atoms with Gasteiger partial charge in [0.05, 0.1) is 29.4 Å². The lowest BCUT2D eigenvalue weighted by Gasteiger charge is -2.36. The van der Waals surface area contributed by atoms with Gasteiger partial charge in [0.15, 0.2) is 10.8 Å². The van der Waals surface area contributed by atoms with Crippen LogP contribution in [-0.2, 0) is 9.53 Å². The molecule has 0 N–H and O–H groups in total. The van der Waals surface area contributed by atoms with Crippen molar-refractivity contribution in [1.29, 1.82) is 0 Å². The number of hydrogen-bond acceptors (Lipinski definition) is 6. The van der Waals surface area contributed by atoms with Crippen LogP contribution in [0, 0.1) is 5.82 Å². The predicted octanol–water partition coefficient (Wildman–Crippen LogP) is 4.37. The van der Waals surface area contributed by atoms with Crippen LogP contribution in [0.25, 0.3) is 5.70 Å². The van der Waals surface area contributed by atoms with Crippen molar-refractivity contribution in [3.05, 3.63) is 56.8 Å². The van der Waals surface area contributed by atoms with Gasteiger partial charge in [-0.1, -0.05) is 27.5 Å². The van der Waals surface area contributed by atoms with Crippen molar-refractivity contribution in [2.45, 2.75) is 13.0 Å².